The highest BCUT2D eigenvalue weighted by Gasteiger charge is 2.41. The third-order valence-electron chi connectivity index (χ3n) is 6.23. The van der Waals surface area contributed by atoms with E-state index in [1.807, 2.05) is 55.5 Å². The predicted octanol–water partition coefficient (Wildman–Crippen LogP) is 5.12. The highest BCUT2D eigenvalue weighted by molar-refractivity contribution is 5.76. The zero-order valence-electron chi connectivity index (χ0n) is 19.0. The molecule has 1 heterocycles. The number of nitrogens with two attached hydrogens (primary N) is 1. The molecule has 5 rings (SSSR count). The van der Waals surface area contributed by atoms with Gasteiger partial charge in [-0.2, -0.15) is 0 Å². The molecular weight excluding hydrogens is 414 g/mol. The molecule has 3 aromatic rings. The standard InChI is InChI=1S/C27H29N3O3/c1-18-12-20(10-11-25(18)31-2)27(17-33-26(28)30-27)21-13-23(29-22-6-4-3-5-7-22)15-24(14-21)32-16-19-8-9-19/h3-7,10-15,19,29H,8-9,16-17H2,1-2H3,(H2,28,30)/t27-/m0/s1. The molecule has 1 atom stereocenters. The van der Waals surface area contributed by atoms with E-state index in [1.165, 1.54) is 12.8 Å². The van der Waals surface area contributed by atoms with Crippen LogP contribution in [0.3, 0.4) is 0 Å². The van der Waals surface area contributed by atoms with Gasteiger partial charge in [-0.1, -0.05) is 24.3 Å². The minimum absolute atomic E-state index is 0.186. The fourth-order valence-corrected chi connectivity index (χ4v) is 4.21. The lowest BCUT2D eigenvalue weighted by Crippen LogP contribution is -2.27. The molecule has 0 aromatic heterocycles. The molecule has 0 amide bonds. The molecule has 3 N–H and O–H groups in total. The van der Waals surface area contributed by atoms with Crippen molar-refractivity contribution in [2.24, 2.45) is 16.6 Å². The zero-order chi connectivity index (χ0) is 22.8. The van der Waals surface area contributed by atoms with Crippen molar-refractivity contribution in [2.75, 3.05) is 25.6 Å². The summed E-state index contributed by atoms with van der Waals surface area (Å²) in [7, 11) is 1.68. The van der Waals surface area contributed by atoms with Gasteiger partial charge in [-0.3, -0.25) is 0 Å². The fourth-order valence-electron chi connectivity index (χ4n) is 4.21. The molecule has 1 aliphatic heterocycles. The van der Waals surface area contributed by atoms with Gasteiger partial charge in [-0.25, -0.2) is 4.99 Å². The Morgan fingerprint density at radius 1 is 1.03 bits per heavy atom. The number of rotatable bonds is 8. The first-order valence-electron chi connectivity index (χ1n) is 11.3. The molecule has 6 heteroatoms. The molecule has 3 aromatic carbocycles. The number of hydrogen-bond acceptors (Lipinski definition) is 6. The molecule has 1 fully saturated rings. The molecule has 0 radical (unpaired) electrons. The Hall–Kier alpha value is -3.67. The summed E-state index contributed by atoms with van der Waals surface area (Å²) in [4.78, 5) is 4.80. The van der Waals surface area contributed by atoms with E-state index in [2.05, 4.69) is 23.5 Å². The summed E-state index contributed by atoms with van der Waals surface area (Å²) in [6.45, 7) is 3.07. The second-order valence-corrected chi connectivity index (χ2v) is 8.77. The molecule has 0 bridgehead atoms. The van der Waals surface area contributed by atoms with E-state index in [0.717, 1.165) is 46.2 Å². The summed E-state index contributed by atoms with van der Waals surface area (Å²) in [6, 6.07) is 22.6. The van der Waals surface area contributed by atoms with Gasteiger partial charge in [0.15, 0.2) is 5.54 Å². The number of methoxy groups -OCH3 is 1. The number of hydrogen-bond donors (Lipinski definition) is 2. The van der Waals surface area contributed by atoms with E-state index in [0.29, 0.717) is 12.5 Å². The predicted molar refractivity (Wildman–Crippen MR) is 130 cm³/mol. The lowest BCUT2D eigenvalue weighted by Gasteiger charge is -2.27. The van der Waals surface area contributed by atoms with E-state index >= 15 is 0 Å². The maximum atomic E-state index is 6.20. The van der Waals surface area contributed by atoms with E-state index in [-0.39, 0.29) is 6.02 Å². The maximum absolute atomic E-state index is 6.20. The largest absolute Gasteiger partial charge is 0.496 e. The first-order chi connectivity index (χ1) is 16.1. The first-order valence-corrected chi connectivity index (χ1v) is 11.3. The topological polar surface area (TPSA) is 78.1 Å². The molecule has 170 valence electrons. The molecule has 6 nitrogen and oxygen atoms in total. The molecule has 0 spiro atoms. The van der Waals surface area contributed by atoms with Crippen LogP contribution in [-0.4, -0.2) is 26.3 Å². The summed E-state index contributed by atoms with van der Waals surface area (Å²) in [5.74, 6) is 2.29. The smallest absolute Gasteiger partial charge is 0.283 e. The van der Waals surface area contributed by atoms with Crippen molar-refractivity contribution in [3.05, 3.63) is 83.4 Å². The molecule has 0 saturated heterocycles. The van der Waals surface area contributed by atoms with Gasteiger partial charge in [-0.05, 0) is 78.8 Å². The van der Waals surface area contributed by atoms with Gasteiger partial charge in [0.1, 0.15) is 18.1 Å². The van der Waals surface area contributed by atoms with Gasteiger partial charge < -0.3 is 25.3 Å². The van der Waals surface area contributed by atoms with Gasteiger partial charge in [-0.15, -0.1) is 0 Å². The fraction of sp³-hybridized carbons (Fsp3) is 0.296. The van der Waals surface area contributed by atoms with Crippen LogP contribution in [0.25, 0.3) is 0 Å². The minimum Gasteiger partial charge on any atom is -0.496 e. The monoisotopic (exact) mass is 443 g/mol. The molecule has 0 unspecified atom stereocenters. The van der Waals surface area contributed by atoms with Crippen LogP contribution in [0.5, 0.6) is 11.5 Å². The van der Waals surface area contributed by atoms with Crippen LogP contribution in [-0.2, 0) is 10.3 Å². The van der Waals surface area contributed by atoms with Gasteiger partial charge in [0.2, 0.25) is 0 Å². The van der Waals surface area contributed by atoms with Crippen molar-refractivity contribution in [1.82, 2.24) is 0 Å². The summed E-state index contributed by atoms with van der Waals surface area (Å²) in [5, 5.41) is 3.50. The number of amidine groups is 1. The van der Waals surface area contributed by atoms with Crippen LogP contribution in [0.1, 0.15) is 29.5 Å². The number of nitrogens with one attached hydrogen (secondary N) is 1. The Morgan fingerprint density at radius 2 is 1.85 bits per heavy atom. The highest BCUT2D eigenvalue weighted by atomic mass is 16.5. The lowest BCUT2D eigenvalue weighted by molar-refractivity contribution is 0.276. The Balaban J connectivity index is 1.59. The summed E-state index contributed by atoms with van der Waals surface area (Å²) in [5.41, 5.74) is 10.2. The van der Waals surface area contributed by atoms with Crippen molar-refractivity contribution in [2.45, 2.75) is 25.3 Å². The third-order valence-corrected chi connectivity index (χ3v) is 6.23. The molecule has 1 saturated carbocycles. The van der Waals surface area contributed by atoms with Gasteiger partial charge in [0.25, 0.3) is 6.02 Å². The third kappa shape index (κ3) is 4.46. The number of ether oxygens (including phenoxy) is 3. The van der Waals surface area contributed by atoms with Gasteiger partial charge in [0.05, 0.1) is 13.7 Å². The Bertz CT molecular complexity index is 1170. The van der Waals surface area contributed by atoms with Gasteiger partial charge in [0, 0.05) is 17.4 Å². The molecule has 33 heavy (non-hydrogen) atoms. The van der Waals surface area contributed by atoms with Gasteiger partial charge >= 0.3 is 0 Å². The summed E-state index contributed by atoms with van der Waals surface area (Å²) < 4.78 is 17.4. The van der Waals surface area contributed by atoms with E-state index in [4.69, 9.17) is 24.9 Å². The van der Waals surface area contributed by atoms with E-state index in [1.54, 1.807) is 7.11 Å². The van der Waals surface area contributed by atoms with Crippen molar-refractivity contribution in [3.8, 4) is 11.5 Å². The SMILES string of the molecule is COc1ccc([C@]2(c3cc(Nc4ccccc4)cc(OCC4CC4)c3)COC(N)=N2)cc1C. The number of nitrogens with zero attached hydrogens (tertiary/aromatic N) is 1. The maximum Gasteiger partial charge on any atom is 0.283 e. The minimum atomic E-state index is -0.771. The number of benzene rings is 3. The number of aryl methyl sites for hydroxylation is 1. The summed E-state index contributed by atoms with van der Waals surface area (Å²) in [6.07, 6.45) is 2.47. The number of para-hydroxylation sites is 1. The van der Waals surface area contributed by atoms with E-state index in [9.17, 15) is 0 Å². The highest BCUT2D eigenvalue weighted by Crippen LogP contribution is 2.42. The molecular formula is C27H29N3O3. The Kier molecular flexibility index (Phi) is 5.58. The lowest BCUT2D eigenvalue weighted by atomic mass is 9.83. The normalized spacial score (nSPS) is 19.5. The van der Waals surface area contributed by atoms with E-state index < -0.39 is 5.54 Å². The van der Waals surface area contributed by atoms with Crippen LogP contribution in [0.4, 0.5) is 11.4 Å². The second-order valence-electron chi connectivity index (χ2n) is 8.77. The quantitative estimate of drug-likeness (QED) is 0.505. The van der Waals surface area contributed by atoms with Crippen LogP contribution in [0, 0.1) is 12.8 Å². The average Bonchev–Trinajstić information content (AvgIpc) is 3.57. The number of aliphatic imine (C=N–C) groups is 1. The van der Waals surface area contributed by atoms with Crippen LogP contribution >= 0.6 is 0 Å². The Labute approximate surface area is 194 Å². The van der Waals surface area contributed by atoms with Crippen LogP contribution in [0.2, 0.25) is 0 Å². The molecule has 1 aliphatic carbocycles. The van der Waals surface area contributed by atoms with Crippen molar-refractivity contribution < 1.29 is 14.2 Å². The van der Waals surface area contributed by atoms with Crippen molar-refractivity contribution >= 4 is 17.4 Å². The Morgan fingerprint density at radius 3 is 2.52 bits per heavy atom. The molecule has 2 aliphatic rings. The zero-order valence-corrected chi connectivity index (χ0v) is 19.0. The van der Waals surface area contributed by atoms with Crippen LogP contribution in [0.15, 0.2) is 71.7 Å². The first kappa shape index (κ1) is 21.2. The summed E-state index contributed by atoms with van der Waals surface area (Å²) >= 11 is 0. The van der Waals surface area contributed by atoms with Crippen molar-refractivity contribution in [3.63, 3.8) is 0 Å². The van der Waals surface area contributed by atoms with Crippen molar-refractivity contribution in [1.29, 1.82) is 0 Å². The number of anilines is 2. The average molecular weight is 444 g/mol. The second kappa shape index (κ2) is 8.70. The van der Waals surface area contributed by atoms with Crippen LogP contribution < -0.4 is 20.5 Å².